The maximum atomic E-state index is 13.5. The highest BCUT2D eigenvalue weighted by molar-refractivity contribution is 5.96. The summed E-state index contributed by atoms with van der Waals surface area (Å²) in [4.78, 5) is 17.1. The van der Waals surface area contributed by atoms with Gasteiger partial charge in [0.2, 0.25) is 5.91 Å². The molecule has 0 bridgehead atoms. The molecule has 0 saturated carbocycles. The van der Waals surface area contributed by atoms with E-state index in [1.807, 2.05) is 36.7 Å². The minimum atomic E-state index is -0.361. The van der Waals surface area contributed by atoms with Crippen molar-refractivity contribution in [1.29, 1.82) is 0 Å². The van der Waals surface area contributed by atoms with Crippen molar-refractivity contribution in [2.75, 3.05) is 25.1 Å². The Labute approximate surface area is 156 Å². The summed E-state index contributed by atoms with van der Waals surface area (Å²) < 4.78 is 20.8. The quantitative estimate of drug-likeness (QED) is 0.746. The fourth-order valence-electron chi connectivity index (χ4n) is 3.28. The molecule has 140 valence electrons. The molecule has 4 rings (SSSR count). The predicted molar refractivity (Wildman–Crippen MR) is 102 cm³/mol. The van der Waals surface area contributed by atoms with Crippen molar-refractivity contribution in [2.24, 2.45) is 7.05 Å². The van der Waals surface area contributed by atoms with Gasteiger partial charge < -0.3 is 19.9 Å². The van der Waals surface area contributed by atoms with Gasteiger partial charge in [-0.15, -0.1) is 0 Å². The molecule has 1 aliphatic rings. The summed E-state index contributed by atoms with van der Waals surface area (Å²) in [5, 5.41) is 6.12. The number of benzene rings is 2. The average molecular weight is 368 g/mol. The monoisotopic (exact) mass is 368 g/mol. The lowest BCUT2D eigenvalue weighted by Gasteiger charge is -2.23. The van der Waals surface area contributed by atoms with Crippen LogP contribution in [0.25, 0.3) is 22.4 Å². The zero-order chi connectivity index (χ0) is 19.0. The van der Waals surface area contributed by atoms with E-state index in [0.717, 1.165) is 22.3 Å². The van der Waals surface area contributed by atoms with Gasteiger partial charge in [0.25, 0.3) is 0 Å². The van der Waals surface area contributed by atoms with Gasteiger partial charge in [0.15, 0.2) is 0 Å². The highest BCUT2D eigenvalue weighted by Crippen LogP contribution is 2.28. The maximum absolute atomic E-state index is 13.5. The lowest BCUT2D eigenvalue weighted by Crippen LogP contribution is -2.48. The van der Waals surface area contributed by atoms with Gasteiger partial charge in [0, 0.05) is 30.9 Å². The van der Waals surface area contributed by atoms with Gasteiger partial charge in [0.05, 0.1) is 24.2 Å². The third-order valence-electron chi connectivity index (χ3n) is 4.83. The highest BCUT2D eigenvalue weighted by Gasteiger charge is 2.22. The van der Waals surface area contributed by atoms with Crippen LogP contribution in [0.2, 0.25) is 0 Å². The number of hydrogen-bond donors (Lipinski definition) is 2. The number of carbonyl (C=O) groups is 1. The van der Waals surface area contributed by atoms with Crippen molar-refractivity contribution in [3.8, 4) is 11.4 Å². The summed E-state index contributed by atoms with van der Waals surface area (Å²) in [7, 11) is 1.89. The Balaban J connectivity index is 1.66. The van der Waals surface area contributed by atoms with E-state index in [-0.39, 0.29) is 17.8 Å². The van der Waals surface area contributed by atoms with Crippen molar-refractivity contribution in [3.05, 3.63) is 47.8 Å². The van der Waals surface area contributed by atoms with E-state index >= 15 is 0 Å². The molecule has 7 heteroatoms. The summed E-state index contributed by atoms with van der Waals surface area (Å²) in [6.45, 7) is 3.58. The lowest BCUT2D eigenvalue weighted by atomic mass is 10.1. The van der Waals surface area contributed by atoms with E-state index in [1.54, 1.807) is 6.07 Å². The van der Waals surface area contributed by atoms with E-state index in [4.69, 9.17) is 4.74 Å². The molecule has 1 unspecified atom stereocenters. The molecule has 2 N–H and O–H groups in total. The van der Waals surface area contributed by atoms with Crippen LogP contribution >= 0.6 is 0 Å². The number of morpholine rings is 1. The van der Waals surface area contributed by atoms with Crippen molar-refractivity contribution >= 4 is 22.6 Å². The zero-order valence-corrected chi connectivity index (χ0v) is 15.3. The van der Waals surface area contributed by atoms with Crippen molar-refractivity contribution in [2.45, 2.75) is 13.0 Å². The Kier molecular flexibility index (Phi) is 4.63. The van der Waals surface area contributed by atoms with Crippen LogP contribution in [0.1, 0.15) is 5.56 Å². The summed E-state index contributed by atoms with van der Waals surface area (Å²) in [5.74, 6) is 0.276. The molecule has 1 aromatic heterocycles. The fraction of sp³-hybridized carbons (Fsp3) is 0.300. The van der Waals surface area contributed by atoms with E-state index in [9.17, 15) is 9.18 Å². The number of rotatable bonds is 3. The second-order valence-corrected chi connectivity index (χ2v) is 6.73. The number of imidazole rings is 1. The first-order chi connectivity index (χ1) is 13.0. The first kappa shape index (κ1) is 17.6. The highest BCUT2D eigenvalue weighted by atomic mass is 19.1. The topological polar surface area (TPSA) is 68.2 Å². The van der Waals surface area contributed by atoms with Crippen LogP contribution in [-0.4, -0.2) is 41.3 Å². The zero-order valence-electron chi connectivity index (χ0n) is 15.3. The third kappa shape index (κ3) is 3.43. The van der Waals surface area contributed by atoms with E-state index < -0.39 is 0 Å². The number of aryl methyl sites for hydroxylation is 2. The van der Waals surface area contributed by atoms with Gasteiger partial charge in [0.1, 0.15) is 17.7 Å². The molecule has 1 fully saturated rings. The first-order valence-electron chi connectivity index (χ1n) is 8.88. The van der Waals surface area contributed by atoms with Gasteiger partial charge in [-0.1, -0.05) is 12.1 Å². The lowest BCUT2D eigenvalue weighted by molar-refractivity contribution is -0.120. The number of halogens is 1. The van der Waals surface area contributed by atoms with Gasteiger partial charge in [-0.3, -0.25) is 4.79 Å². The van der Waals surface area contributed by atoms with Crippen LogP contribution in [0.15, 0.2) is 36.4 Å². The molecule has 1 saturated heterocycles. The van der Waals surface area contributed by atoms with Crippen LogP contribution in [0.4, 0.5) is 10.1 Å². The molecule has 1 atom stereocenters. The van der Waals surface area contributed by atoms with Crippen LogP contribution < -0.4 is 10.6 Å². The number of carbonyl (C=O) groups excluding carboxylic acids is 1. The molecule has 27 heavy (non-hydrogen) atoms. The van der Waals surface area contributed by atoms with Crippen LogP contribution in [-0.2, 0) is 16.6 Å². The number of amides is 1. The number of nitrogens with zero attached hydrogens (tertiary/aromatic N) is 2. The number of hydrogen-bond acceptors (Lipinski definition) is 4. The van der Waals surface area contributed by atoms with Crippen molar-refractivity contribution in [3.63, 3.8) is 0 Å². The minimum Gasteiger partial charge on any atom is -0.378 e. The average Bonchev–Trinajstić information content (AvgIpc) is 3.00. The van der Waals surface area contributed by atoms with E-state index in [0.29, 0.717) is 31.1 Å². The van der Waals surface area contributed by atoms with Crippen LogP contribution in [0.3, 0.4) is 0 Å². The predicted octanol–water partition coefficient (Wildman–Crippen LogP) is 2.61. The number of fused-ring (bicyclic) bond motifs is 1. The number of nitrogens with one attached hydrogen (secondary N) is 2. The molecule has 1 amide bonds. The van der Waals surface area contributed by atoms with Gasteiger partial charge in [-0.05, 0) is 30.7 Å². The Hall–Kier alpha value is -2.77. The normalized spacial score (nSPS) is 17.2. The van der Waals surface area contributed by atoms with E-state index in [2.05, 4.69) is 15.6 Å². The Morgan fingerprint density at radius 1 is 1.33 bits per heavy atom. The molecule has 1 aliphatic heterocycles. The number of aromatic nitrogens is 2. The number of ether oxygens (including phenoxy) is 1. The molecule has 2 heterocycles. The standard InChI is InChI=1S/C20H21FN4O2/c1-12-3-4-13(9-15(12)24-20(26)17-11-27-8-7-22-17)19-23-16-10-14(21)5-6-18(16)25(19)2/h3-6,9-10,17,22H,7-8,11H2,1-2H3,(H,24,26). The molecule has 0 aliphatic carbocycles. The summed E-state index contributed by atoms with van der Waals surface area (Å²) in [5.41, 5.74) is 3.97. The second kappa shape index (κ2) is 7.09. The second-order valence-electron chi connectivity index (χ2n) is 6.73. The molecule has 6 nitrogen and oxygen atoms in total. The summed E-state index contributed by atoms with van der Waals surface area (Å²) >= 11 is 0. The Morgan fingerprint density at radius 2 is 2.19 bits per heavy atom. The van der Waals surface area contributed by atoms with Gasteiger partial charge in [-0.25, -0.2) is 9.37 Å². The van der Waals surface area contributed by atoms with Crippen molar-refractivity contribution in [1.82, 2.24) is 14.9 Å². The SMILES string of the molecule is Cc1ccc(-c2nc3cc(F)ccc3n2C)cc1NC(=O)C1COCCN1. The molecular formula is C20H21FN4O2. The Morgan fingerprint density at radius 3 is 2.96 bits per heavy atom. The fourth-order valence-corrected chi connectivity index (χ4v) is 3.28. The smallest absolute Gasteiger partial charge is 0.243 e. The maximum Gasteiger partial charge on any atom is 0.243 e. The Bertz CT molecular complexity index is 1010. The molecule has 0 spiro atoms. The van der Waals surface area contributed by atoms with Crippen LogP contribution in [0.5, 0.6) is 0 Å². The van der Waals surface area contributed by atoms with E-state index in [1.165, 1.54) is 12.1 Å². The van der Waals surface area contributed by atoms with Crippen LogP contribution in [0, 0.1) is 12.7 Å². The minimum absolute atomic E-state index is 0.123. The molecule has 0 radical (unpaired) electrons. The summed E-state index contributed by atoms with van der Waals surface area (Å²) in [6.07, 6.45) is 0. The largest absolute Gasteiger partial charge is 0.378 e. The number of anilines is 1. The molecule has 3 aromatic rings. The van der Waals surface area contributed by atoms with Crippen molar-refractivity contribution < 1.29 is 13.9 Å². The van der Waals surface area contributed by atoms with Gasteiger partial charge in [-0.2, -0.15) is 0 Å². The first-order valence-corrected chi connectivity index (χ1v) is 8.88. The third-order valence-corrected chi connectivity index (χ3v) is 4.83. The molecular weight excluding hydrogens is 347 g/mol. The molecule has 2 aromatic carbocycles. The summed E-state index contributed by atoms with van der Waals surface area (Å²) in [6, 6.07) is 9.99. The van der Waals surface area contributed by atoms with Gasteiger partial charge >= 0.3 is 0 Å².